The number of benzene rings is 1. The van der Waals surface area contributed by atoms with Gasteiger partial charge in [0.2, 0.25) is 0 Å². The number of carbonyl (C=O) groups excluding carboxylic acids is 1. The van der Waals surface area contributed by atoms with Crippen molar-refractivity contribution in [1.29, 1.82) is 0 Å². The first-order valence-corrected chi connectivity index (χ1v) is 9.31. The lowest BCUT2D eigenvalue weighted by atomic mass is 10.1. The second-order valence-corrected chi connectivity index (χ2v) is 6.80. The van der Waals surface area contributed by atoms with Gasteiger partial charge in [0.15, 0.2) is 0 Å². The zero-order valence-corrected chi connectivity index (χ0v) is 15.8. The summed E-state index contributed by atoms with van der Waals surface area (Å²) in [6.07, 6.45) is 3.48. The van der Waals surface area contributed by atoms with Crippen molar-refractivity contribution in [2.75, 3.05) is 0 Å². The van der Waals surface area contributed by atoms with E-state index in [1.54, 1.807) is 30.6 Å². The summed E-state index contributed by atoms with van der Waals surface area (Å²) < 4.78 is 1.39. The maximum atomic E-state index is 12.3. The summed E-state index contributed by atoms with van der Waals surface area (Å²) in [5, 5.41) is 15.5. The standard InChI is InChI=1S/C21H19N5O4/c27-19-10-14(24-18-7-3-4-8-26(18)19)12-23-21(30)25-17(20(28)29)9-13-11-22-16-6-2-1-5-15(13)16/h1-8,10-11,17,22H,9,12H2,(H,28,29)(H2,23,25,30)/t17-/m0/s1. The van der Waals surface area contributed by atoms with Crippen molar-refractivity contribution in [2.45, 2.75) is 19.0 Å². The summed E-state index contributed by atoms with van der Waals surface area (Å²) in [5.74, 6) is -1.14. The van der Waals surface area contributed by atoms with Crippen molar-refractivity contribution in [3.05, 3.63) is 82.5 Å². The number of nitrogens with one attached hydrogen (secondary N) is 3. The summed E-state index contributed by atoms with van der Waals surface area (Å²) in [7, 11) is 0. The van der Waals surface area contributed by atoms with Gasteiger partial charge in [0.05, 0.1) is 12.2 Å². The Hall–Kier alpha value is -4.14. The SMILES string of the molecule is O=C(NCc1cc(=O)n2ccccc2n1)N[C@@H](Cc1c[nH]c2ccccc12)C(=O)O. The molecule has 3 heterocycles. The molecule has 3 aromatic heterocycles. The summed E-state index contributed by atoms with van der Waals surface area (Å²) >= 11 is 0. The predicted molar refractivity (Wildman–Crippen MR) is 110 cm³/mol. The molecule has 1 aromatic carbocycles. The Labute approximate surface area is 170 Å². The van der Waals surface area contributed by atoms with Crippen LogP contribution in [0.4, 0.5) is 4.79 Å². The first-order chi connectivity index (χ1) is 14.5. The second kappa shape index (κ2) is 8.08. The van der Waals surface area contributed by atoms with E-state index < -0.39 is 18.0 Å². The van der Waals surface area contributed by atoms with E-state index in [-0.39, 0.29) is 18.5 Å². The van der Waals surface area contributed by atoms with Gasteiger partial charge in [0, 0.05) is 35.8 Å². The lowest BCUT2D eigenvalue weighted by Gasteiger charge is -2.15. The molecule has 4 aromatic rings. The van der Waals surface area contributed by atoms with E-state index in [9.17, 15) is 19.5 Å². The highest BCUT2D eigenvalue weighted by Gasteiger charge is 2.22. The van der Waals surface area contributed by atoms with Gasteiger partial charge < -0.3 is 20.7 Å². The molecule has 0 radical (unpaired) electrons. The number of aromatic nitrogens is 3. The number of fused-ring (bicyclic) bond motifs is 2. The smallest absolute Gasteiger partial charge is 0.326 e. The van der Waals surface area contributed by atoms with E-state index in [1.165, 1.54) is 10.5 Å². The molecule has 9 heteroatoms. The van der Waals surface area contributed by atoms with E-state index in [4.69, 9.17) is 0 Å². The Morgan fingerprint density at radius 2 is 1.97 bits per heavy atom. The number of hydrogen-bond donors (Lipinski definition) is 4. The third-order valence-corrected chi connectivity index (χ3v) is 4.76. The normalized spacial score (nSPS) is 12.0. The lowest BCUT2D eigenvalue weighted by molar-refractivity contribution is -0.139. The minimum atomic E-state index is -1.14. The van der Waals surface area contributed by atoms with Gasteiger partial charge in [-0.2, -0.15) is 0 Å². The minimum absolute atomic E-state index is 0.00804. The maximum absolute atomic E-state index is 12.3. The van der Waals surface area contributed by atoms with Crippen LogP contribution in [0, 0.1) is 0 Å². The highest BCUT2D eigenvalue weighted by molar-refractivity contribution is 5.86. The zero-order chi connectivity index (χ0) is 21.1. The average molecular weight is 405 g/mol. The van der Waals surface area contributed by atoms with Crippen LogP contribution in [0.1, 0.15) is 11.3 Å². The second-order valence-electron chi connectivity index (χ2n) is 6.80. The number of pyridine rings is 1. The number of aromatic amines is 1. The van der Waals surface area contributed by atoms with Gasteiger partial charge in [-0.1, -0.05) is 24.3 Å². The molecule has 9 nitrogen and oxygen atoms in total. The van der Waals surface area contributed by atoms with Gasteiger partial charge in [-0.25, -0.2) is 14.6 Å². The molecule has 0 aliphatic carbocycles. The van der Waals surface area contributed by atoms with Crippen LogP contribution in [0.3, 0.4) is 0 Å². The predicted octanol–water partition coefficient (Wildman–Crippen LogP) is 1.67. The number of H-pyrrole nitrogens is 1. The molecule has 4 rings (SSSR count). The van der Waals surface area contributed by atoms with Crippen molar-refractivity contribution < 1.29 is 14.7 Å². The molecule has 0 aliphatic rings. The van der Waals surface area contributed by atoms with Crippen LogP contribution in [0.5, 0.6) is 0 Å². The molecule has 2 amide bonds. The first kappa shape index (κ1) is 19.2. The highest BCUT2D eigenvalue weighted by Crippen LogP contribution is 2.19. The van der Waals surface area contributed by atoms with Crippen LogP contribution in [0.25, 0.3) is 16.6 Å². The van der Waals surface area contributed by atoms with Gasteiger partial charge in [-0.05, 0) is 23.8 Å². The number of carbonyl (C=O) groups is 2. The zero-order valence-electron chi connectivity index (χ0n) is 15.8. The molecule has 0 spiro atoms. The molecule has 0 saturated heterocycles. The summed E-state index contributed by atoms with van der Waals surface area (Å²) in [6.45, 7) is -0.00804. The van der Waals surface area contributed by atoms with E-state index in [2.05, 4.69) is 20.6 Å². The molecule has 152 valence electrons. The minimum Gasteiger partial charge on any atom is -0.480 e. The van der Waals surface area contributed by atoms with Gasteiger partial charge in [-0.15, -0.1) is 0 Å². The number of aliphatic carboxylic acids is 1. The van der Waals surface area contributed by atoms with Gasteiger partial charge in [0.25, 0.3) is 5.56 Å². The number of carboxylic acids is 1. The van der Waals surface area contributed by atoms with E-state index >= 15 is 0 Å². The van der Waals surface area contributed by atoms with Crippen LogP contribution in [0.15, 0.2) is 65.7 Å². The topological polar surface area (TPSA) is 129 Å². The highest BCUT2D eigenvalue weighted by atomic mass is 16.4. The largest absolute Gasteiger partial charge is 0.480 e. The van der Waals surface area contributed by atoms with E-state index in [0.29, 0.717) is 11.3 Å². The third-order valence-electron chi connectivity index (χ3n) is 4.76. The Morgan fingerprint density at radius 3 is 2.80 bits per heavy atom. The number of amides is 2. The van der Waals surface area contributed by atoms with Crippen molar-refractivity contribution >= 4 is 28.6 Å². The summed E-state index contributed by atoms with van der Waals surface area (Å²) in [6, 6.07) is 12.3. The van der Waals surface area contributed by atoms with E-state index in [1.807, 2.05) is 24.3 Å². The molecule has 0 saturated carbocycles. The Kier molecular flexibility index (Phi) is 5.17. The first-order valence-electron chi connectivity index (χ1n) is 9.31. The van der Waals surface area contributed by atoms with Crippen molar-refractivity contribution in [2.24, 2.45) is 0 Å². The Balaban J connectivity index is 1.42. The molecule has 0 unspecified atom stereocenters. The molecule has 0 aliphatic heterocycles. The van der Waals surface area contributed by atoms with Crippen molar-refractivity contribution in [3.63, 3.8) is 0 Å². The van der Waals surface area contributed by atoms with Crippen LogP contribution >= 0.6 is 0 Å². The Morgan fingerprint density at radius 1 is 1.17 bits per heavy atom. The van der Waals surface area contributed by atoms with Gasteiger partial charge in [-0.3, -0.25) is 9.20 Å². The molecule has 1 atom stereocenters. The number of para-hydroxylation sites is 1. The molecule has 4 N–H and O–H groups in total. The fourth-order valence-electron chi connectivity index (χ4n) is 3.29. The van der Waals surface area contributed by atoms with Crippen LogP contribution in [0.2, 0.25) is 0 Å². The summed E-state index contributed by atoms with van der Waals surface area (Å²) in [4.78, 5) is 43.4. The molecule has 30 heavy (non-hydrogen) atoms. The fraction of sp³-hybridized carbons (Fsp3) is 0.143. The molecule has 0 fully saturated rings. The summed E-state index contributed by atoms with van der Waals surface area (Å²) in [5.41, 5.74) is 2.27. The van der Waals surface area contributed by atoms with Crippen LogP contribution in [-0.4, -0.2) is 37.5 Å². The van der Waals surface area contributed by atoms with Gasteiger partial charge in [0.1, 0.15) is 11.7 Å². The quantitative estimate of drug-likeness (QED) is 0.388. The molecular weight excluding hydrogens is 386 g/mol. The monoisotopic (exact) mass is 405 g/mol. The number of carboxylic acid groups (broad SMARTS) is 1. The van der Waals surface area contributed by atoms with Crippen LogP contribution < -0.4 is 16.2 Å². The maximum Gasteiger partial charge on any atom is 0.326 e. The average Bonchev–Trinajstić information content (AvgIpc) is 3.15. The number of rotatable bonds is 6. The molecular formula is C21H19N5O4. The third kappa shape index (κ3) is 4.00. The van der Waals surface area contributed by atoms with Crippen LogP contribution in [-0.2, 0) is 17.8 Å². The fourth-order valence-corrected chi connectivity index (χ4v) is 3.29. The molecule has 0 bridgehead atoms. The van der Waals surface area contributed by atoms with Crippen molar-refractivity contribution in [1.82, 2.24) is 25.0 Å². The number of urea groups is 1. The van der Waals surface area contributed by atoms with Crippen molar-refractivity contribution in [3.8, 4) is 0 Å². The number of hydrogen-bond acceptors (Lipinski definition) is 4. The Bertz CT molecular complexity index is 1290. The van der Waals surface area contributed by atoms with Gasteiger partial charge >= 0.3 is 12.0 Å². The lowest BCUT2D eigenvalue weighted by Crippen LogP contribution is -2.47. The van der Waals surface area contributed by atoms with E-state index in [0.717, 1.165) is 16.5 Å². The number of nitrogens with zero attached hydrogens (tertiary/aromatic N) is 2.